The van der Waals surface area contributed by atoms with Crippen LogP contribution in [0, 0.1) is 6.92 Å². The monoisotopic (exact) mass is 347 g/mol. The lowest BCUT2D eigenvalue weighted by Gasteiger charge is -2.08. The van der Waals surface area contributed by atoms with Crippen LogP contribution in [0.1, 0.15) is 5.56 Å². The molecular formula is C18H17N7O. The summed E-state index contributed by atoms with van der Waals surface area (Å²) in [6, 6.07) is 13.2. The molecule has 0 aliphatic heterocycles. The van der Waals surface area contributed by atoms with Crippen LogP contribution in [0.5, 0.6) is 5.75 Å². The zero-order valence-corrected chi connectivity index (χ0v) is 14.3. The van der Waals surface area contributed by atoms with Gasteiger partial charge in [-0.25, -0.2) is 4.98 Å². The normalized spacial score (nSPS) is 10.8. The molecule has 0 spiro atoms. The van der Waals surface area contributed by atoms with Crippen LogP contribution in [-0.2, 0) is 0 Å². The van der Waals surface area contributed by atoms with E-state index in [1.807, 2.05) is 49.4 Å². The summed E-state index contributed by atoms with van der Waals surface area (Å²) in [5, 5.41) is 11.5. The second kappa shape index (κ2) is 6.32. The molecule has 0 amide bonds. The summed E-state index contributed by atoms with van der Waals surface area (Å²) in [5.41, 5.74) is 10.5. The Bertz CT molecular complexity index is 1070. The molecule has 0 saturated heterocycles. The number of benzene rings is 2. The molecule has 0 atom stereocenters. The number of fused-ring (bicyclic) bond motifs is 1. The summed E-state index contributed by atoms with van der Waals surface area (Å²) in [6.07, 6.45) is 1.64. The Balaban J connectivity index is 1.70. The third-order valence-corrected chi connectivity index (χ3v) is 4.04. The molecular weight excluding hydrogens is 330 g/mol. The SMILES string of the molecule is COc1ccc(-n2nnc3cnc(Nc4ccc(N)c(C)c4)nc32)cc1. The number of nitrogens with two attached hydrogens (primary N) is 1. The molecule has 4 aromatic rings. The van der Waals surface area contributed by atoms with Crippen molar-refractivity contribution in [3.8, 4) is 11.4 Å². The van der Waals surface area contributed by atoms with Crippen LogP contribution in [0.4, 0.5) is 17.3 Å². The molecule has 0 aliphatic carbocycles. The van der Waals surface area contributed by atoms with E-state index < -0.39 is 0 Å². The molecule has 0 unspecified atom stereocenters. The minimum Gasteiger partial charge on any atom is -0.497 e. The van der Waals surface area contributed by atoms with Crippen molar-refractivity contribution in [3.05, 3.63) is 54.2 Å². The Morgan fingerprint density at radius 3 is 2.65 bits per heavy atom. The molecule has 0 bridgehead atoms. The molecule has 4 rings (SSSR count). The number of hydrogen-bond acceptors (Lipinski definition) is 7. The summed E-state index contributed by atoms with van der Waals surface area (Å²) in [5.74, 6) is 1.23. The molecule has 26 heavy (non-hydrogen) atoms. The number of hydrogen-bond donors (Lipinski definition) is 2. The number of aryl methyl sites for hydroxylation is 1. The number of nitrogens with one attached hydrogen (secondary N) is 1. The average molecular weight is 347 g/mol. The van der Waals surface area contributed by atoms with Crippen LogP contribution in [0.2, 0.25) is 0 Å². The Labute approximate surface area is 149 Å². The zero-order valence-electron chi connectivity index (χ0n) is 14.3. The van der Waals surface area contributed by atoms with Gasteiger partial charge in [-0.05, 0) is 55.0 Å². The maximum Gasteiger partial charge on any atom is 0.229 e. The molecule has 8 heteroatoms. The highest BCUT2D eigenvalue weighted by Crippen LogP contribution is 2.21. The third-order valence-electron chi connectivity index (χ3n) is 4.04. The smallest absolute Gasteiger partial charge is 0.229 e. The molecule has 130 valence electrons. The maximum absolute atomic E-state index is 5.86. The second-order valence-electron chi connectivity index (χ2n) is 5.80. The maximum atomic E-state index is 5.86. The van der Waals surface area contributed by atoms with Gasteiger partial charge in [0.05, 0.1) is 19.0 Å². The van der Waals surface area contributed by atoms with Gasteiger partial charge in [0.25, 0.3) is 0 Å². The molecule has 0 radical (unpaired) electrons. The lowest BCUT2D eigenvalue weighted by atomic mass is 10.2. The third kappa shape index (κ3) is 2.88. The fourth-order valence-corrected chi connectivity index (χ4v) is 2.57. The summed E-state index contributed by atoms with van der Waals surface area (Å²) in [4.78, 5) is 8.85. The van der Waals surface area contributed by atoms with Gasteiger partial charge in [-0.1, -0.05) is 5.21 Å². The van der Waals surface area contributed by atoms with E-state index in [4.69, 9.17) is 10.5 Å². The van der Waals surface area contributed by atoms with Gasteiger partial charge in [-0.15, -0.1) is 5.10 Å². The van der Waals surface area contributed by atoms with E-state index in [0.29, 0.717) is 17.1 Å². The van der Waals surface area contributed by atoms with Crippen molar-refractivity contribution in [3.63, 3.8) is 0 Å². The Hall–Kier alpha value is -3.68. The standard InChI is InChI=1S/C18H17N7O/c1-11-9-12(3-8-15(11)19)21-18-20-10-16-17(22-18)25(24-23-16)13-4-6-14(26-2)7-5-13/h3-10H,19H2,1-2H3,(H,20,21,22). The molecule has 2 aromatic carbocycles. The fraction of sp³-hybridized carbons (Fsp3) is 0.111. The van der Waals surface area contributed by atoms with Crippen LogP contribution in [0.25, 0.3) is 16.9 Å². The molecule has 0 saturated carbocycles. The van der Waals surface area contributed by atoms with Crippen LogP contribution in [-0.4, -0.2) is 32.1 Å². The minimum absolute atomic E-state index is 0.457. The van der Waals surface area contributed by atoms with Gasteiger partial charge in [-0.3, -0.25) is 0 Å². The van der Waals surface area contributed by atoms with E-state index in [1.54, 1.807) is 18.0 Å². The fourth-order valence-electron chi connectivity index (χ4n) is 2.57. The second-order valence-corrected chi connectivity index (χ2v) is 5.80. The van der Waals surface area contributed by atoms with Crippen LogP contribution in [0.15, 0.2) is 48.7 Å². The van der Waals surface area contributed by atoms with E-state index in [1.165, 1.54) is 0 Å². The van der Waals surface area contributed by atoms with Crippen molar-refractivity contribution in [2.45, 2.75) is 6.92 Å². The van der Waals surface area contributed by atoms with Gasteiger partial charge < -0.3 is 15.8 Å². The number of nitrogens with zero attached hydrogens (tertiary/aromatic N) is 5. The summed E-state index contributed by atoms with van der Waals surface area (Å²) in [7, 11) is 1.63. The predicted molar refractivity (Wildman–Crippen MR) is 99.9 cm³/mol. The van der Waals surface area contributed by atoms with E-state index in [9.17, 15) is 0 Å². The Morgan fingerprint density at radius 2 is 1.92 bits per heavy atom. The molecule has 0 aliphatic rings. The van der Waals surface area contributed by atoms with Crippen molar-refractivity contribution < 1.29 is 4.74 Å². The molecule has 0 fully saturated rings. The van der Waals surface area contributed by atoms with E-state index in [0.717, 1.165) is 28.4 Å². The van der Waals surface area contributed by atoms with Crippen molar-refractivity contribution >= 4 is 28.5 Å². The van der Waals surface area contributed by atoms with Crippen molar-refractivity contribution in [1.82, 2.24) is 25.0 Å². The highest BCUT2D eigenvalue weighted by atomic mass is 16.5. The van der Waals surface area contributed by atoms with Gasteiger partial charge in [0.15, 0.2) is 11.2 Å². The zero-order chi connectivity index (χ0) is 18.1. The largest absolute Gasteiger partial charge is 0.497 e. The lowest BCUT2D eigenvalue weighted by molar-refractivity contribution is 0.414. The number of methoxy groups -OCH3 is 1. The summed E-state index contributed by atoms with van der Waals surface area (Å²) < 4.78 is 6.85. The lowest BCUT2D eigenvalue weighted by Crippen LogP contribution is -2.02. The first-order valence-corrected chi connectivity index (χ1v) is 8.00. The first kappa shape index (κ1) is 15.8. The van der Waals surface area contributed by atoms with Gasteiger partial charge in [-0.2, -0.15) is 9.67 Å². The van der Waals surface area contributed by atoms with Crippen molar-refractivity contribution in [2.24, 2.45) is 0 Å². The summed E-state index contributed by atoms with van der Waals surface area (Å²) in [6.45, 7) is 1.95. The number of nitrogen functional groups attached to an aromatic ring is 1. The Kier molecular flexibility index (Phi) is 3.85. The highest BCUT2D eigenvalue weighted by molar-refractivity contribution is 5.73. The van der Waals surface area contributed by atoms with E-state index in [-0.39, 0.29) is 0 Å². The topological polar surface area (TPSA) is 104 Å². The molecule has 2 heterocycles. The van der Waals surface area contributed by atoms with Gasteiger partial charge in [0.1, 0.15) is 5.75 Å². The number of rotatable bonds is 4. The number of aromatic nitrogens is 5. The van der Waals surface area contributed by atoms with Crippen LogP contribution < -0.4 is 15.8 Å². The van der Waals surface area contributed by atoms with Crippen molar-refractivity contribution in [2.75, 3.05) is 18.2 Å². The molecule has 8 nitrogen and oxygen atoms in total. The van der Waals surface area contributed by atoms with Crippen LogP contribution >= 0.6 is 0 Å². The molecule has 2 aromatic heterocycles. The number of ether oxygens (including phenoxy) is 1. The number of anilines is 3. The van der Waals surface area contributed by atoms with E-state index in [2.05, 4.69) is 25.6 Å². The quantitative estimate of drug-likeness (QED) is 0.547. The average Bonchev–Trinajstić information content (AvgIpc) is 3.08. The first-order chi connectivity index (χ1) is 12.6. The van der Waals surface area contributed by atoms with Gasteiger partial charge >= 0.3 is 0 Å². The molecule has 3 N–H and O–H groups in total. The van der Waals surface area contributed by atoms with Gasteiger partial charge in [0.2, 0.25) is 5.95 Å². The summed E-state index contributed by atoms with van der Waals surface area (Å²) >= 11 is 0. The Morgan fingerprint density at radius 1 is 1.12 bits per heavy atom. The van der Waals surface area contributed by atoms with E-state index >= 15 is 0 Å². The highest BCUT2D eigenvalue weighted by Gasteiger charge is 2.10. The minimum atomic E-state index is 0.457. The van der Waals surface area contributed by atoms with Crippen LogP contribution in [0.3, 0.4) is 0 Å². The predicted octanol–water partition coefficient (Wildman–Crippen LogP) is 2.85. The first-order valence-electron chi connectivity index (χ1n) is 8.00. The van der Waals surface area contributed by atoms with Gasteiger partial charge in [0, 0.05) is 11.4 Å². The van der Waals surface area contributed by atoms with Crippen molar-refractivity contribution in [1.29, 1.82) is 0 Å².